The van der Waals surface area contributed by atoms with E-state index in [1.807, 2.05) is 6.20 Å². The van der Waals surface area contributed by atoms with Crippen LogP contribution in [0.1, 0.15) is 32.3 Å². The zero-order chi connectivity index (χ0) is 12.3. The minimum atomic E-state index is 0.571. The number of nitrogens with zero attached hydrogens (tertiary/aromatic N) is 2. The van der Waals surface area contributed by atoms with Crippen molar-refractivity contribution in [2.24, 2.45) is 5.92 Å². The highest BCUT2D eigenvalue weighted by atomic mass is 16.5. The van der Waals surface area contributed by atoms with Crippen LogP contribution >= 0.6 is 0 Å². The van der Waals surface area contributed by atoms with Gasteiger partial charge in [-0.2, -0.15) is 0 Å². The predicted octanol–water partition coefficient (Wildman–Crippen LogP) is 2.68. The summed E-state index contributed by atoms with van der Waals surface area (Å²) < 4.78 is 5.35. The number of pyridine rings is 1. The molecule has 1 aliphatic heterocycles. The molecule has 1 saturated heterocycles. The Morgan fingerprint density at radius 2 is 1.88 bits per heavy atom. The van der Waals surface area contributed by atoms with Gasteiger partial charge in [0, 0.05) is 19.3 Å². The number of aromatic nitrogens is 1. The first-order valence-corrected chi connectivity index (χ1v) is 6.47. The number of rotatable bonds is 3. The SMILES string of the molecule is CC(C)[C@@H](C)c1ccc(N2CCOCC2)nc1. The molecule has 1 aromatic rings. The maximum atomic E-state index is 5.35. The van der Waals surface area contributed by atoms with Gasteiger partial charge in [0.25, 0.3) is 0 Å². The molecule has 3 heteroatoms. The van der Waals surface area contributed by atoms with E-state index in [0.29, 0.717) is 11.8 Å². The van der Waals surface area contributed by atoms with E-state index in [2.05, 4.69) is 42.8 Å². The average molecular weight is 234 g/mol. The molecule has 0 spiro atoms. The van der Waals surface area contributed by atoms with E-state index < -0.39 is 0 Å². The molecule has 0 N–H and O–H groups in total. The monoisotopic (exact) mass is 234 g/mol. The number of ether oxygens (including phenoxy) is 1. The summed E-state index contributed by atoms with van der Waals surface area (Å²) in [7, 11) is 0. The minimum Gasteiger partial charge on any atom is -0.378 e. The van der Waals surface area contributed by atoms with Gasteiger partial charge in [-0.15, -0.1) is 0 Å². The van der Waals surface area contributed by atoms with Crippen molar-refractivity contribution in [3.8, 4) is 0 Å². The Labute approximate surface area is 104 Å². The molecule has 1 atom stereocenters. The van der Waals surface area contributed by atoms with Crippen LogP contribution in [0.2, 0.25) is 0 Å². The first-order valence-electron chi connectivity index (χ1n) is 6.47. The predicted molar refractivity (Wildman–Crippen MR) is 70.5 cm³/mol. The zero-order valence-corrected chi connectivity index (χ0v) is 11.0. The number of anilines is 1. The van der Waals surface area contributed by atoms with Gasteiger partial charge in [-0.05, 0) is 23.5 Å². The van der Waals surface area contributed by atoms with E-state index in [1.165, 1.54) is 5.56 Å². The van der Waals surface area contributed by atoms with Crippen LogP contribution in [0.5, 0.6) is 0 Å². The van der Waals surface area contributed by atoms with E-state index in [9.17, 15) is 0 Å². The van der Waals surface area contributed by atoms with Crippen molar-refractivity contribution in [2.75, 3.05) is 31.2 Å². The van der Waals surface area contributed by atoms with Gasteiger partial charge in [-0.25, -0.2) is 4.98 Å². The molecule has 0 saturated carbocycles. The van der Waals surface area contributed by atoms with Crippen molar-refractivity contribution in [1.82, 2.24) is 4.98 Å². The van der Waals surface area contributed by atoms with Gasteiger partial charge in [-0.3, -0.25) is 0 Å². The Hall–Kier alpha value is -1.09. The van der Waals surface area contributed by atoms with E-state index in [1.54, 1.807) is 0 Å². The van der Waals surface area contributed by atoms with E-state index >= 15 is 0 Å². The molecule has 1 aliphatic rings. The van der Waals surface area contributed by atoms with E-state index in [0.717, 1.165) is 32.1 Å². The van der Waals surface area contributed by atoms with Crippen molar-refractivity contribution in [3.05, 3.63) is 23.9 Å². The summed E-state index contributed by atoms with van der Waals surface area (Å²) in [5, 5.41) is 0. The Bertz CT molecular complexity index is 342. The Balaban J connectivity index is 2.06. The van der Waals surface area contributed by atoms with Gasteiger partial charge < -0.3 is 9.64 Å². The average Bonchev–Trinajstić information content (AvgIpc) is 2.39. The maximum Gasteiger partial charge on any atom is 0.128 e. The first-order chi connectivity index (χ1) is 8.18. The molecule has 2 heterocycles. The fourth-order valence-electron chi connectivity index (χ4n) is 2.03. The summed E-state index contributed by atoms with van der Waals surface area (Å²) in [5.74, 6) is 2.31. The highest BCUT2D eigenvalue weighted by molar-refractivity contribution is 5.40. The van der Waals surface area contributed by atoms with Crippen LogP contribution in [-0.2, 0) is 4.74 Å². The number of morpholine rings is 1. The van der Waals surface area contributed by atoms with Crippen LogP contribution in [0.15, 0.2) is 18.3 Å². The van der Waals surface area contributed by atoms with Gasteiger partial charge in [0.05, 0.1) is 13.2 Å². The highest BCUT2D eigenvalue weighted by Crippen LogP contribution is 2.24. The van der Waals surface area contributed by atoms with Crippen LogP contribution in [0.4, 0.5) is 5.82 Å². The summed E-state index contributed by atoms with van der Waals surface area (Å²) in [6.07, 6.45) is 2.02. The molecule has 0 aliphatic carbocycles. The lowest BCUT2D eigenvalue weighted by Gasteiger charge is -2.28. The normalized spacial score (nSPS) is 18.5. The smallest absolute Gasteiger partial charge is 0.128 e. The molecule has 0 radical (unpaired) electrons. The Morgan fingerprint density at radius 3 is 2.41 bits per heavy atom. The third-order valence-electron chi connectivity index (χ3n) is 3.63. The van der Waals surface area contributed by atoms with Crippen LogP contribution in [0.3, 0.4) is 0 Å². The second-order valence-corrected chi connectivity index (χ2v) is 5.08. The van der Waals surface area contributed by atoms with Gasteiger partial charge in [0.1, 0.15) is 5.82 Å². The molecule has 1 aromatic heterocycles. The fraction of sp³-hybridized carbons (Fsp3) is 0.643. The van der Waals surface area contributed by atoms with E-state index in [-0.39, 0.29) is 0 Å². The summed E-state index contributed by atoms with van der Waals surface area (Å²) in [6, 6.07) is 4.35. The first kappa shape index (κ1) is 12.4. The topological polar surface area (TPSA) is 25.4 Å². The Morgan fingerprint density at radius 1 is 1.18 bits per heavy atom. The molecular formula is C14H22N2O. The number of hydrogen-bond donors (Lipinski definition) is 0. The third kappa shape index (κ3) is 2.97. The second-order valence-electron chi connectivity index (χ2n) is 5.08. The maximum absolute atomic E-state index is 5.35. The lowest BCUT2D eigenvalue weighted by Crippen LogP contribution is -2.36. The lowest BCUT2D eigenvalue weighted by atomic mass is 9.91. The molecule has 0 aromatic carbocycles. The fourth-order valence-corrected chi connectivity index (χ4v) is 2.03. The Kier molecular flexibility index (Phi) is 4.00. The molecule has 0 bridgehead atoms. The molecule has 3 nitrogen and oxygen atoms in total. The highest BCUT2D eigenvalue weighted by Gasteiger charge is 2.14. The van der Waals surface area contributed by atoms with Crippen LogP contribution in [0, 0.1) is 5.92 Å². The lowest BCUT2D eigenvalue weighted by molar-refractivity contribution is 0.122. The largest absolute Gasteiger partial charge is 0.378 e. The molecule has 1 fully saturated rings. The van der Waals surface area contributed by atoms with Crippen molar-refractivity contribution >= 4 is 5.82 Å². The molecule has 0 unspecified atom stereocenters. The molecular weight excluding hydrogens is 212 g/mol. The summed E-state index contributed by atoms with van der Waals surface area (Å²) in [6.45, 7) is 10.3. The molecule has 2 rings (SSSR count). The quantitative estimate of drug-likeness (QED) is 0.804. The third-order valence-corrected chi connectivity index (χ3v) is 3.63. The van der Waals surface area contributed by atoms with Crippen molar-refractivity contribution in [3.63, 3.8) is 0 Å². The van der Waals surface area contributed by atoms with E-state index in [4.69, 9.17) is 4.74 Å². The summed E-state index contributed by atoms with van der Waals surface area (Å²) in [5.41, 5.74) is 1.33. The van der Waals surface area contributed by atoms with Crippen LogP contribution < -0.4 is 4.90 Å². The summed E-state index contributed by atoms with van der Waals surface area (Å²) >= 11 is 0. The minimum absolute atomic E-state index is 0.571. The zero-order valence-electron chi connectivity index (χ0n) is 11.0. The van der Waals surface area contributed by atoms with Gasteiger partial charge in [0.15, 0.2) is 0 Å². The standard InChI is InChI=1S/C14H22N2O/c1-11(2)12(3)13-4-5-14(15-10-13)16-6-8-17-9-7-16/h4-5,10-12H,6-9H2,1-3H3/t12-/m1/s1. The summed E-state index contributed by atoms with van der Waals surface area (Å²) in [4.78, 5) is 6.86. The molecule has 17 heavy (non-hydrogen) atoms. The second kappa shape index (κ2) is 5.50. The van der Waals surface area contributed by atoms with Crippen LogP contribution in [-0.4, -0.2) is 31.3 Å². The van der Waals surface area contributed by atoms with Gasteiger partial charge in [0.2, 0.25) is 0 Å². The van der Waals surface area contributed by atoms with Gasteiger partial charge >= 0.3 is 0 Å². The molecule has 94 valence electrons. The molecule has 0 amide bonds. The number of hydrogen-bond acceptors (Lipinski definition) is 3. The van der Waals surface area contributed by atoms with Gasteiger partial charge in [-0.1, -0.05) is 26.8 Å². The van der Waals surface area contributed by atoms with Crippen molar-refractivity contribution in [2.45, 2.75) is 26.7 Å². The van der Waals surface area contributed by atoms with Crippen molar-refractivity contribution in [1.29, 1.82) is 0 Å². The van der Waals surface area contributed by atoms with Crippen LogP contribution in [0.25, 0.3) is 0 Å². The van der Waals surface area contributed by atoms with Crippen molar-refractivity contribution < 1.29 is 4.74 Å².